The first-order chi connectivity index (χ1) is 22.6. The van der Waals surface area contributed by atoms with Crippen LogP contribution in [0.1, 0.15) is 62.1 Å². The predicted octanol–water partition coefficient (Wildman–Crippen LogP) is 7.47. The number of amides is 2. The van der Waals surface area contributed by atoms with Gasteiger partial charge in [0, 0.05) is 23.5 Å². The van der Waals surface area contributed by atoms with Crippen LogP contribution >= 0.6 is 15.9 Å². The van der Waals surface area contributed by atoms with E-state index in [1.807, 2.05) is 66.7 Å². The molecule has 1 aliphatic rings. The molecule has 1 aliphatic carbocycles. The van der Waals surface area contributed by atoms with Gasteiger partial charge in [-0.05, 0) is 71.8 Å². The highest BCUT2D eigenvalue weighted by Gasteiger charge is 2.35. The second-order valence-electron chi connectivity index (χ2n) is 12.4. The highest BCUT2D eigenvalue weighted by molar-refractivity contribution is 9.10. The number of hydrogen-bond acceptors (Lipinski definition) is 4. The van der Waals surface area contributed by atoms with Crippen LogP contribution in [0.3, 0.4) is 0 Å². The van der Waals surface area contributed by atoms with Crippen LogP contribution in [0.5, 0.6) is 0 Å². The van der Waals surface area contributed by atoms with Gasteiger partial charge >= 0.3 is 0 Å². The maximum Gasteiger partial charge on any atom is 0.264 e. The molecule has 1 N–H and O–H groups in total. The number of sulfonamides is 1. The lowest BCUT2D eigenvalue weighted by Crippen LogP contribution is -2.54. The molecule has 2 amide bonds. The molecule has 9 heteroatoms. The van der Waals surface area contributed by atoms with Gasteiger partial charge in [0.15, 0.2) is 0 Å². The number of nitrogens with zero attached hydrogens (tertiary/aromatic N) is 2. The Balaban J connectivity index is 1.56. The molecular weight excluding hydrogens is 674 g/mol. The van der Waals surface area contributed by atoms with Gasteiger partial charge in [0.2, 0.25) is 11.8 Å². The fourth-order valence-electron chi connectivity index (χ4n) is 5.98. The van der Waals surface area contributed by atoms with Crippen LogP contribution in [-0.4, -0.2) is 43.8 Å². The number of rotatable bonds is 13. The zero-order valence-corrected chi connectivity index (χ0v) is 29.3. The van der Waals surface area contributed by atoms with Crippen LogP contribution in [0, 0.1) is 0 Å². The van der Waals surface area contributed by atoms with Crippen molar-refractivity contribution in [1.29, 1.82) is 0 Å². The quantitative estimate of drug-likeness (QED) is 0.156. The SMILES string of the molecule is CC(C)c1ccc(N(CC(=O)N(Cc2ccc(Br)cc2)[C@@H](Cc2ccccc2)C(=O)NC2CCCC2)S(=O)(=O)c2ccccc2)cc1. The zero-order chi connectivity index (χ0) is 33.4. The van der Waals surface area contributed by atoms with E-state index < -0.39 is 28.5 Å². The standard InChI is InChI=1S/C38H42BrN3O4S/c1-28(2)31-19-23-34(24-20-31)42(47(45,46)35-15-7-4-8-16-35)27-37(43)41(26-30-17-21-32(39)22-18-30)36(25-29-11-5-3-6-12-29)38(44)40-33-13-9-10-14-33/h3-8,11-12,15-24,28,33,36H,9-10,13-14,25-27H2,1-2H3,(H,40,44)/t36-/m0/s1. The van der Waals surface area contributed by atoms with Gasteiger partial charge in [-0.3, -0.25) is 13.9 Å². The van der Waals surface area contributed by atoms with Gasteiger partial charge in [0.05, 0.1) is 10.6 Å². The van der Waals surface area contributed by atoms with Crippen LogP contribution in [0.25, 0.3) is 0 Å². The number of halogens is 1. The Bertz CT molecular complexity index is 1730. The van der Waals surface area contributed by atoms with Crippen molar-refractivity contribution in [3.63, 3.8) is 0 Å². The van der Waals surface area contributed by atoms with Crippen LogP contribution in [0.4, 0.5) is 5.69 Å². The summed E-state index contributed by atoms with van der Waals surface area (Å²) in [5, 5.41) is 3.22. The maximum absolute atomic E-state index is 14.7. The normalized spacial score (nSPS) is 14.1. The minimum absolute atomic E-state index is 0.0554. The van der Waals surface area contributed by atoms with Crippen LogP contribution in [-0.2, 0) is 32.6 Å². The van der Waals surface area contributed by atoms with E-state index in [9.17, 15) is 18.0 Å². The summed E-state index contributed by atoms with van der Waals surface area (Å²) in [7, 11) is -4.14. The zero-order valence-electron chi connectivity index (χ0n) is 26.9. The second kappa shape index (κ2) is 15.8. The lowest BCUT2D eigenvalue weighted by molar-refractivity contribution is -0.140. The third-order valence-corrected chi connectivity index (χ3v) is 11.0. The summed E-state index contributed by atoms with van der Waals surface area (Å²) in [5.41, 5.74) is 3.17. The van der Waals surface area contributed by atoms with E-state index in [4.69, 9.17) is 0 Å². The maximum atomic E-state index is 14.7. The molecule has 0 aliphatic heterocycles. The van der Waals surface area contributed by atoms with Gasteiger partial charge in [0.1, 0.15) is 12.6 Å². The van der Waals surface area contributed by atoms with E-state index in [1.165, 1.54) is 12.1 Å². The molecule has 0 bridgehead atoms. The molecule has 1 atom stereocenters. The Morgan fingerprint density at radius 1 is 0.809 bits per heavy atom. The molecule has 1 saturated carbocycles. The van der Waals surface area contributed by atoms with Crippen molar-refractivity contribution in [1.82, 2.24) is 10.2 Å². The molecule has 1 fully saturated rings. The first-order valence-corrected chi connectivity index (χ1v) is 18.4. The highest BCUT2D eigenvalue weighted by Crippen LogP contribution is 2.27. The summed E-state index contributed by atoms with van der Waals surface area (Å²) in [6, 6.07) is 31.8. The second-order valence-corrected chi connectivity index (χ2v) is 15.2. The summed E-state index contributed by atoms with van der Waals surface area (Å²) in [6.07, 6.45) is 4.20. The first kappa shape index (κ1) is 34.4. The number of carbonyl (C=O) groups is 2. The Morgan fingerprint density at radius 2 is 1.40 bits per heavy atom. The van der Waals surface area contributed by atoms with Gasteiger partial charge in [0.25, 0.3) is 10.0 Å². The van der Waals surface area contributed by atoms with Gasteiger partial charge in [-0.2, -0.15) is 0 Å². The summed E-state index contributed by atoms with van der Waals surface area (Å²) < 4.78 is 30.5. The van der Waals surface area contributed by atoms with Crippen molar-refractivity contribution in [3.05, 3.63) is 130 Å². The smallest absolute Gasteiger partial charge is 0.264 e. The van der Waals surface area contributed by atoms with Crippen molar-refractivity contribution < 1.29 is 18.0 Å². The molecule has 0 radical (unpaired) electrons. The summed E-state index contributed by atoms with van der Waals surface area (Å²) in [5.74, 6) is -0.448. The average Bonchev–Trinajstić information content (AvgIpc) is 3.60. The molecule has 0 aromatic heterocycles. The predicted molar refractivity (Wildman–Crippen MR) is 191 cm³/mol. The average molecular weight is 717 g/mol. The van der Waals surface area contributed by atoms with E-state index >= 15 is 0 Å². The summed E-state index contributed by atoms with van der Waals surface area (Å²) >= 11 is 3.48. The topological polar surface area (TPSA) is 86.8 Å². The van der Waals surface area contributed by atoms with Crippen LogP contribution in [0.2, 0.25) is 0 Å². The molecule has 47 heavy (non-hydrogen) atoms. The molecule has 0 spiro atoms. The van der Waals surface area contributed by atoms with E-state index in [0.29, 0.717) is 5.69 Å². The van der Waals surface area contributed by atoms with Crippen LogP contribution < -0.4 is 9.62 Å². The number of hydrogen-bond donors (Lipinski definition) is 1. The van der Waals surface area contributed by atoms with Crippen molar-refractivity contribution in [2.24, 2.45) is 0 Å². The molecular formula is C38H42BrN3O4S. The fourth-order valence-corrected chi connectivity index (χ4v) is 7.68. The molecule has 0 saturated heterocycles. The Morgan fingerprint density at radius 3 is 2.00 bits per heavy atom. The highest BCUT2D eigenvalue weighted by atomic mass is 79.9. The number of benzene rings is 4. The Kier molecular flexibility index (Phi) is 11.5. The first-order valence-electron chi connectivity index (χ1n) is 16.2. The molecule has 0 unspecified atom stereocenters. The van der Waals surface area contributed by atoms with Gasteiger partial charge < -0.3 is 10.2 Å². The number of anilines is 1. The van der Waals surface area contributed by atoms with E-state index in [1.54, 1.807) is 35.2 Å². The van der Waals surface area contributed by atoms with E-state index in [-0.39, 0.29) is 35.7 Å². The van der Waals surface area contributed by atoms with E-state index in [0.717, 1.165) is 51.2 Å². The number of carbonyl (C=O) groups excluding carboxylic acids is 2. The molecule has 0 heterocycles. The monoisotopic (exact) mass is 715 g/mol. The molecule has 5 rings (SSSR count). The lowest BCUT2D eigenvalue weighted by atomic mass is 10.0. The van der Waals surface area contributed by atoms with E-state index in [2.05, 4.69) is 35.1 Å². The minimum Gasteiger partial charge on any atom is -0.352 e. The summed E-state index contributed by atoms with van der Waals surface area (Å²) in [4.78, 5) is 30.4. The molecule has 4 aromatic carbocycles. The van der Waals surface area contributed by atoms with Gasteiger partial charge in [-0.1, -0.05) is 115 Å². The molecule has 246 valence electrons. The largest absolute Gasteiger partial charge is 0.352 e. The fraction of sp³-hybridized carbons (Fsp3) is 0.316. The third kappa shape index (κ3) is 8.90. The van der Waals surface area contributed by atoms with Crippen LogP contribution in [0.15, 0.2) is 119 Å². The Hall–Kier alpha value is -3.95. The van der Waals surface area contributed by atoms with Crippen molar-refractivity contribution >= 4 is 43.5 Å². The lowest BCUT2D eigenvalue weighted by Gasteiger charge is -2.34. The Labute approximate surface area is 287 Å². The van der Waals surface area contributed by atoms with Crippen molar-refractivity contribution in [3.8, 4) is 0 Å². The minimum atomic E-state index is -4.14. The summed E-state index contributed by atoms with van der Waals surface area (Å²) in [6.45, 7) is 3.80. The van der Waals surface area contributed by atoms with Gasteiger partial charge in [-0.15, -0.1) is 0 Å². The number of nitrogens with one attached hydrogen (secondary N) is 1. The van der Waals surface area contributed by atoms with Crippen molar-refractivity contribution in [2.45, 2.75) is 75.4 Å². The molecule has 7 nitrogen and oxygen atoms in total. The van der Waals surface area contributed by atoms with Gasteiger partial charge in [-0.25, -0.2) is 8.42 Å². The molecule has 4 aromatic rings. The third-order valence-electron chi connectivity index (χ3n) is 8.70. The van der Waals surface area contributed by atoms with Crippen molar-refractivity contribution in [2.75, 3.05) is 10.8 Å².